The maximum atomic E-state index is 12.2. The van der Waals surface area contributed by atoms with E-state index in [0.29, 0.717) is 19.0 Å². The van der Waals surface area contributed by atoms with Gasteiger partial charge >= 0.3 is 0 Å². The van der Waals surface area contributed by atoms with E-state index in [1.165, 1.54) is 0 Å². The number of likely N-dealkylation sites (N-methyl/N-ethyl adjacent to an activating group) is 2. The summed E-state index contributed by atoms with van der Waals surface area (Å²) in [6, 6.07) is 9.76. The van der Waals surface area contributed by atoms with Gasteiger partial charge in [-0.05, 0) is 38.0 Å². The number of nitrogens with two attached hydrogens (primary N) is 1. The molecular formula is C17H29N3O. The summed E-state index contributed by atoms with van der Waals surface area (Å²) in [5, 5.41) is 3.31. The second kappa shape index (κ2) is 8.15. The molecule has 118 valence electrons. The third kappa shape index (κ3) is 4.83. The van der Waals surface area contributed by atoms with Gasteiger partial charge in [-0.15, -0.1) is 0 Å². The molecule has 0 aliphatic carbocycles. The maximum Gasteiger partial charge on any atom is 0.243 e. The molecule has 3 N–H and O–H groups in total. The van der Waals surface area contributed by atoms with E-state index in [1.54, 1.807) is 0 Å². The molecule has 0 aliphatic rings. The Hall–Kier alpha value is -1.39. The van der Waals surface area contributed by atoms with Crippen LogP contribution in [-0.2, 0) is 10.3 Å². The first-order chi connectivity index (χ1) is 9.92. The van der Waals surface area contributed by atoms with Crippen LogP contribution < -0.4 is 11.1 Å². The molecule has 0 saturated carbocycles. The van der Waals surface area contributed by atoms with Crippen molar-refractivity contribution in [1.29, 1.82) is 0 Å². The molecule has 1 aromatic rings. The highest BCUT2D eigenvalue weighted by molar-refractivity contribution is 5.86. The van der Waals surface area contributed by atoms with E-state index in [9.17, 15) is 4.79 Å². The van der Waals surface area contributed by atoms with Gasteiger partial charge in [0, 0.05) is 6.54 Å². The van der Waals surface area contributed by atoms with E-state index >= 15 is 0 Å². The van der Waals surface area contributed by atoms with E-state index in [2.05, 4.69) is 24.1 Å². The summed E-state index contributed by atoms with van der Waals surface area (Å²) in [6.07, 6.45) is 1.10. The molecule has 0 heterocycles. The highest BCUT2D eigenvalue weighted by Crippen LogP contribution is 2.22. The van der Waals surface area contributed by atoms with Crippen LogP contribution in [0.3, 0.4) is 0 Å². The predicted octanol–water partition coefficient (Wildman–Crippen LogP) is 1.95. The second-order valence-corrected chi connectivity index (χ2v) is 6.09. The largest absolute Gasteiger partial charge is 0.368 e. The Morgan fingerprint density at radius 1 is 1.33 bits per heavy atom. The van der Waals surface area contributed by atoms with Gasteiger partial charge in [0.1, 0.15) is 5.54 Å². The molecule has 0 aromatic heterocycles. The molecule has 1 amide bonds. The highest BCUT2D eigenvalue weighted by atomic mass is 16.1. The summed E-state index contributed by atoms with van der Waals surface area (Å²) in [4.78, 5) is 14.4. The minimum Gasteiger partial charge on any atom is -0.368 e. The Labute approximate surface area is 128 Å². The number of primary amides is 1. The van der Waals surface area contributed by atoms with E-state index in [1.807, 2.05) is 44.3 Å². The minimum absolute atomic E-state index is 0.327. The van der Waals surface area contributed by atoms with Gasteiger partial charge in [-0.2, -0.15) is 0 Å². The lowest BCUT2D eigenvalue weighted by atomic mass is 9.88. The zero-order chi connectivity index (χ0) is 15.9. The number of hydrogen-bond acceptors (Lipinski definition) is 3. The van der Waals surface area contributed by atoms with E-state index in [-0.39, 0.29) is 5.91 Å². The minimum atomic E-state index is -0.832. The Morgan fingerprint density at radius 2 is 1.95 bits per heavy atom. The van der Waals surface area contributed by atoms with E-state index < -0.39 is 5.54 Å². The van der Waals surface area contributed by atoms with E-state index in [0.717, 1.165) is 18.5 Å². The van der Waals surface area contributed by atoms with Crippen LogP contribution in [0.1, 0.15) is 32.8 Å². The Morgan fingerprint density at radius 3 is 2.43 bits per heavy atom. The standard InChI is InChI=1S/C17H29N3O/c1-5-19-17(16(18)21,15-9-7-6-8-10-15)13-20(4)12-11-14(2)3/h6-10,14,19H,5,11-13H2,1-4H3,(H2,18,21). The third-order valence-electron chi connectivity index (χ3n) is 3.76. The lowest BCUT2D eigenvalue weighted by molar-refractivity contribution is -0.125. The van der Waals surface area contributed by atoms with Crippen molar-refractivity contribution in [2.24, 2.45) is 11.7 Å². The zero-order valence-corrected chi connectivity index (χ0v) is 13.7. The number of carbonyl (C=O) groups excluding carboxylic acids is 1. The molecule has 0 aliphatic heterocycles. The summed E-state index contributed by atoms with van der Waals surface area (Å²) < 4.78 is 0. The Balaban J connectivity index is 2.99. The van der Waals surface area contributed by atoms with Crippen LogP contribution in [0.5, 0.6) is 0 Å². The van der Waals surface area contributed by atoms with Gasteiger partial charge in [0.05, 0.1) is 0 Å². The van der Waals surface area contributed by atoms with Crippen LogP contribution in [0.4, 0.5) is 0 Å². The van der Waals surface area contributed by atoms with Crippen molar-refractivity contribution in [3.63, 3.8) is 0 Å². The molecule has 1 aromatic carbocycles. The van der Waals surface area contributed by atoms with E-state index in [4.69, 9.17) is 5.73 Å². The SMILES string of the molecule is CCNC(CN(C)CCC(C)C)(C(N)=O)c1ccccc1. The lowest BCUT2D eigenvalue weighted by Gasteiger charge is -2.36. The predicted molar refractivity (Wildman–Crippen MR) is 87.9 cm³/mol. The highest BCUT2D eigenvalue weighted by Gasteiger charge is 2.38. The fourth-order valence-corrected chi connectivity index (χ4v) is 2.54. The molecule has 0 fully saturated rings. The molecule has 1 unspecified atom stereocenters. The van der Waals surface area contributed by atoms with Crippen LogP contribution in [-0.4, -0.2) is 37.5 Å². The molecule has 0 saturated heterocycles. The molecule has 1 atom stereocenters. The molecule has 1 rings (SSSR count). The first-order valence-electron chi connectivity index (χ1n) is 7.71. The smallest absolute Gasteiger partial charge is 0.243 e. The average molecular weight is 291 g/mol. The number of nitrogens with one attached hydrogen (secondary N) is 1. The van der Waals surface area contributed by atoms with Gasteiger partial charge in [0.15, 0.2) is 0 Å². The normalized spacial score (nSPS) is 14.4. The summed E-state index contributed by atoms with van der Waals surface area (Å²) >= 11 is 0. The molecule has 21 heavy (non-hydrogen) atoms. The number of nitrogens with zero attached hydrogens (tertiary/aromatic N) is 1. The lowest BCUT2D eigenvalue weighted by Crippen LogP contribution is -2.58. The van der Waals surface area contributed by atoms with Crippen molar-refractivity contribution in [1.82, 2.24) is 10.2 Å². The molecular weight excluding hydrogens is 262 g/mol. The van der Waals surface area contributed by atoms with Gasteiger partial charge in [0.2, 0.25) is 5.91 Å². The number of amides is 1. The Bertz CT molecular complexity index is 433. The van der Waals surface area contributed by atoms with Gasteiger partial charge in [-0.25, -0.2) is 0 Å². The van der Waals surface area contributed by atoms with Crippen LogP contribution in [0.2, 0.25) is 0 Å². The van der Waals surface area contributed by atoms with Crippen molar-refractivity contribution in [3.8, 4) is 0 Å². The van der Waals surface area contributed by atoms with Crippen LogP contribution in [0.25, 0.3) is 0 Å². The quantitative estimate of drug-likeness (QED) is 0.731. The average Bonchev–Trinajstić information content (AvgIpc) is 2.45. The first-order valence-corrected chi connectivity index (χ1v) is 7.71. The molecule has 0 bridgehead atoms. The van der Waals surface area contributed by atoms with Gasteiger partial charge in [0.25, 0.3) is 0 Å². The van der Waals surface area contributed by atoms with Crippen LogP contribution in [0, 0.1) is 5.92 Å². The van der Waals surface area contributed by atoms with Crippen molar-refractivity contribution < 1.29 is 4.79 Å². The summed E-state index contributed by atoms with van der Waals surface area (Å²) in [5.74, 6) is 0.318. The number of hydrogen-bond donors (Lipinski definition) is 2. The number of rotatable bonds is 9. The maximum absolute atomic E-state index is 12.2. The molecule has 0 radical (unpaired) electrons. The monoisotopic (exact) mass is 291 g/mol. The van der Waals surface area contributed by atoms with Crippen LogP contribution in [0.15, 0.2) is 30.3 Å². The van der Waals surface area contributed by atoms with Gasteiger partial charge < -0.3 is 10.6 Å². The number of carbonyl (C=O) groups is 1. The second-order valence-electron chi connectivity index (χ2n) is 6.09. The Kier molecular flexibility index (Phi) is 6.85. The topological polar surface area (TPSA) is 58.4 Å². The first kappa shape index (κ1) is 17.7. The number of benzene rings is 1. The summed E-state index contributed by atoms with van der Waals surface area (Å²) in [7, 11) is 2.04. The zero-order valence-electron chi connectivity index (χ0n) is 13.7. The van der Waals surface area contributed by atoms with Gasteiger partial charge in [-0.1, -0.05) is 51.1 Å². The van der Waals surface area contributed by atoms with Crippen molar-refractivity contribution in [2.75, 3.05) is 26.7 Å². The summed E-state index contributed by atoms with van der Waals surface area (Å²) in [5.41, 5.74) is 5.86. The van der Waals surface area contributed by atoms with Crippen molar-refractivity contribution in [3.05, 3.63) is 35.9 Å². The fourth-order valence-electron chi connectivity index (χ4n) is 2.54. The van der Waals surface area contributed by atoms with Crippen LogP contribution >= 0.6 is 0 Å². The molecule has 4 heteroatoms. The van der Waals surface area contributed by atoms with Crippen molar-refractivity contribution in [2.45, 2.75) is 32.7 Å². The third-order valence-corrected chi connectivity index (χ3v) is 3.76. The van der Waals surface area contributed by atoms with Crippen molar-refractivity contribution >= 4 is 5.91 Å². The fraction of sp³-hybridized carbons (Fsp3) is 0.588. The summed E-state index contributed by atoms with van der Waals surface area (Å²) in [6.45, 7) is 8.62. The molecule has 4 nitrogen and oxygen atoms in total. The van der Waals surface area contributed by atoms with Gasteiger partial charge in [-0.3, -0.25) is 10.1 Å². The molecule has 0 spiro atoms.